The SMILES string of the molecule is CC[N-]C.CC[N-]C.CC[N-]C.[F][GeH2][c-]1cccc1.[Hf+4]. The Morgan fingerprint density at radius 2 is 1.10 bits per heavy atom. The first kappa shape index (κ1) is 28.7. The van der Waals surface area contributed by atoms with Gasteiger partial charge in [-0.2, -0.15) is 40.8 Å². The smallest absolute Gasteiger partial charge is 4.00 e. The van der Waals surface area contributed by atoms with Gasteiger partial charge in [-0.05, 0) is 0 Å². The van der Waals surface area contributed by atoms with E-state index >= 15 is 0 Å². The molecule has 0 aliphatic carbocycles. The Balaban J connectivity index is -0.0000000881. The summed E-state index contributed by atoms with van der Waals surface area (Å²) in [5.74, 6) is 0. The van der Waals surface area contributed by atoms with Crippen molar-refractivity contribution in [1.29, 1.82) is 0 Å². The molecule has 1 rings (SSSR count). The maximum atomic E-state index is 11.7. The molecular formula is C14H30FGeHfN3. The van der Waals surface area contributed by atoms with E-state index in [2.05, 4.69) is 16.0 Å². The first-order chi connectivity index (χ1) is 9.17. The molecule has 0 bridgehead atoms. The minimum absolute atomic E-state index is 0. The van der Waals surface area contributed by atoms with E-state index in [1.54, 1.807) is 21.1 Å². The molecule has 0 amide bonds. The van der Waals surface area contributed by atoms with Gasteiger partial charge in [0.2, 0.25) is 0 Å². The quantitative estimate of drug-likeness (QED) is 0.442. The number of nitrogens with zero attached hydrogens (tertiary/aromatic N) is 3. The van der Waals surface area contributed by atoms with Crippen LogP contribution in [0.5, 0.6) is 0 Å². The van der Waals surface area contributed by atoms with Gasteiger partial charge in [0.25, 0.3) is 0 Å². The topological polar surface area (TPSA) is 42.3 Å². The van der Waals surface area contributed by atoms with Crippen LogP contribution in [0.4, 0.5) is 3.50 Å². The maximum Gasteiger partial charge on any atom is 4.00 e. The van der Waals surface area contributed by atoms with E-state index in [-0.39, 0.29) is 25.8 Å². The van der Waals surface area contributed by atoms with Crippen LogP contribution in [-0.4, -0.2) is 56.7 Å². The van der Waals surface area contributed by atoms with E-state index < -0.39 is 15.9 Å². The predicted octanol–water partition coefficient (Wildman–Crippen LogP) is 3.11. The zero-order chi connectivity index (χ0) is 15.4. The predicted molar refractivity (Wildman–Crippen MR) is 90.8 cm³/mol. The van der Waals surface area contributed by atoms with Crippen LogP contribution in [-0.2, 0) is 25.8 Å². The van der Waals surface area contributed by atoms with Crippen LogP contribution in [0, 0.1) is 0 Å². The number of hydrogen-bond donors (Lipinski definition) is 0. The molecule has 0 saturated carbocycles. The van der Waals surface area contributed by atoms with Crippen molar-refractivity contribution in [2.45, 2.75) is 20.8 Å². The van der Waals surface area contributed by atoms with Crippen molar-refractivity contribution in [3.05, 3.63) is 40.2 Å². The zero-order valence-electron chi connectivity index (χ0n) is 13.9. The van der Waals surface area contributed by atoms with Gasteiger partial charge in [0.05, 0.1) is 0 Å². The van der Waals surface area contributed by atoms with Crippen LogP contribution in [0.15, 0.2) is 24.3 Å². The van der Waals surface area contributed by atoms with Crippen LogP contribution in [0.3, 0.4) is 0 Å². The summed E-state index contributed by atoms with van der Waals surface area (Å²) in [6, 6.07) is 7.44. The van der Waals surface area contributed by atoms with E-state index in [0.717, 1.165) is 24.0 Å². The average molecular weight is 511 g/mol. The molecular weight excluding hydrogens is 480 g/mol. The van der Waals surface area contributed by atoms with Crippen LogP contribution >= 0.6 is 0 Å². The molecule has 0 fully saturated rings. The first-order valence-corrected chi connectivity index (χ1v) is 9.21. The molecule has 0 aliphatic rings. The molecule has 0 unspecified atom stereocenters. The summed E-state index contributed by atoms with van der Waals surface area (Å²) in [5, 5.41) is 11.2. The van der Waals surface area contributed by atoms with Crippen molar-refractivity contribution in [3.63, 3.8) is 0 Å². The fourth-order valence-electron chi connectivity index (χ4n) is 0.503. The third-order valence-corrected chi connectivity index (χ3v) is 3.47. The Morgan fingerprint density at radius 3 is 1.20 bits per heavy atom. The van der Waals surface area contributed by atoms with E-state index in [9.17, 15) is 3.50 Å². The molecule has 116 valence electrons. The van der Waals surface area contributed by atoms with Crippen LogP contribution in [0.2, 0.25) is 0 Å². The standard InChI is InChI=1S/C5H6FGe.3C3H8N.Hf/c6-7-5-3-1-2-4-5;3*1-3-4-2;/h1-4H,7H2;3*3H2,1-2H3;/q4*-1;+4. The van der Waals surface area contributed by atoms with Crippen molar-refractivity contribution < 1.29 is 29.3 Å². The zero-order valence-corrected chi connectivity index (χ0v) is 20.4. The van der Waals surface area contributed by atoms with E-state index in [0.29, 0.717) is 0 Å². The van der Waals surface area contributed by atoms with Gasteiger partial charge in [-0.1, -0.05) is 20.8 Å². The van der Waals surface area contributed by atoms with Crippen LogP contribution in [0.25, 0.3) is 16.0 Å². The molecule has 0 N–H and O–H groups in total. The summed E-state index contributed by atoms with van der Waals surface area (Å²) in [4.78, 5) is 0. The van der Waals surface area contributed by atoms with E-state index in [1.165, 1.54) is 0 Å². The largest absolute Gasteiger partial charge is 4.00 e. The van der Waals surface area contributed by atoms with Crippen molar-refractivity contribution in [1.82, 2.24) is 0 Å². The molecule has 0 atom stereocenters. The number of hydrogen-bond acceptors (Lipinski definition) is 0. The molecule has 6 heteroatoms. The molecule has 0 spiro atoms. The second-order valence-corrected chi connectivity index (χ2v) is 5.60. The van der Waals surface area contributed by atoms with Crippen LogP contribution in [0.1, 0.15) is 20.8 Å². The normalized spacial score (nSPS) is 8.35. The van der Waals surface area contributed by atoms with E-state index in [1.807, 2.05) is 45.0 Å². The summed E-state index contributed by atoms with van der Waals surface area (Å²) < 4.78 is 12.7. The minimum Gasteiger partial charge on any atom is 4.00 e. The van der Waals surface area contributed by atoms with Crippen molar-refractivity contribution in [2.75, 3.05) is 40.8 Å². The Hall–Kier alpha value is 0.573. The second kappa shape index (κ2) is 31.8. The van der Waals surface area contributed by atoms with Crippen LogP contribution < -0.4 is 4.40 Å². The van der Waals surface area contributed by atoms with Crippen molar-refractivity contribution in [3.8, 4) is 0 Å². The monoisotopic (exact) mass is 513 g/mol. The summed E-state index contributed by atoms with van der Waals surface area (Å²) in [7, 11) is 5.42. The van der Waals surface area contributed by atoms with Gasteiger partial charge in [-0.3, -0.25) is 0 Å². The molecule has 0 saturated heterocycles. The fraction of sp³-hybridized carbons (Fsp3) is 0.643. The molecule has 0 aromatic heterocycles. The maximum absolute atomic E-state index is 11.7. The fourth-order valence-corrected chi connectivity index (χ4v) is 1.45. The van der Waals surface area contributed by atoms with Gasteiger partial charge in [0, 0.05) is 0 Å². The third kappa shape index (κ3) is 36.3. The molecule has 0 heterocycles. The Bertz CT molecular complexity index is 197. The second-order valence-electron chi connectivity index (χ2n) is 3.32. The number of halogens is 1. The summed E-state index contributed by atoms with van der Waals surface area (Å²) >= 11 is -1.73. The molecule has 0 radical (unpaired) electrons. The molecule has 1 aromatic rings. The van der Waals surface area contributed by atoms with Gasteiger partial charge in [0.15, 0.2) is 0 Å². The van der Waals surface area contributed by atoms with Gasteiger partial charge in [-0.15, -0.1) is 0 Å². The van der Waals surface area contributed by atoms with Crippen molar-refractivity contribution >= 4 is 20.3 Å². The van der Waals surface area contributed by atoms with Gasteiger partial charge < -0.3 is 16.0 Å². The minimum atomic E-state index is -1.73. The average Bonchev–Trinajstić information content (AvgIpc) is 3.01. The molecule has 3 nitrogen and oxygen atoms in total. The first-order valence-electron chi connectivity index (χ1n) is 6.61. The Kier molecular flexibility index (Phi) is 45.6. The van der Waals surface area contributed by atoms with Gasteiger partial charge >= 0.3 is 73.9 Å². The molecule has 0 aliphatic heterocycles. The number of rotatable bonds is 4. The Labute approximate surface area is 151 Å². The summed E-state index contributed by atoms with van der Waals surface area (Å²) in [5.41, 5.74) is 0. The summed E-state index contributed by atoms with van der Waals surface area (Å²) in [6.45, 7) is 8.88. The Morgan fingerprint density at radius 1 is 0.850 bits per heavy atom. The molecule has 1 aromatic carbocycles. The van der Waals surface area contributed by atoms with Gasteiger partial charge in [-0.25, -0.2) is 0 Å². The van der Waals surface area contributed by atoms with Crippen molar-refractivity contribution in [2.24, 2.45) is 0 Å². The molecule has 20 heavy (non-hydrogen) atoms. The van der Waals surface area contributed by atoms with Gasteiger partial charge in [0.1, 0.15) is 0 Å². The summed E-state index contributed by atoms with van der Waals surface area (Å²) in [6.07, 6.45) is 0. The van der Waals surface area contributed by atoms with E-state index in [4.69, 9.17) is 0 Å². The third-order valence-electron chi connectivity index (χ3n) is 1.83.